The normalized spacial score (nSPS) is 12.1. The summed E-state index contributed by atoms with van der Waals surface area (Å²) in [6.45, 7) is 0. The molecule has 0 amide bonds. The van der Waals surface area contributed by atoms with Crippen molar-refractivity contribution in [2.24, 2.45) is 0 Å². The molecule has 13 rings (SSSR count). The van der Waals surface area contributed by atoms with E-state index < -0.39 is 8.07 Å². The maximum atomic E-state index is 6.59. The number of benzene rings is 10. The van der Waals surface area contributed by atoms with E-state index in [9.17, 15) is 0 Å². The summed E-state index contributed by atoms with van der Waals surface area (Å²) in [6.07, 6.45) is 0. The average molecular weight is 833 g/mol. The van der Waals surface area contributed by atoms with E-state index in [0.717, 1.165) is 50.0 Å². The molecular formula is C60H40N2OSi. The highest BCUT2D eigenvalue weighted by molar-refractivity contribution is 7.19. The molecule has 4 heteroatoms. The Bertz CT molecular complexity index is 3790. The molecule has 0 spiro atoms. The van der Waals surface area contributed by atoms with Crippen LogP contribution in [-0.2, 0) is 0 Å². The first-order chi connectivity index (χ1) is 31.8. The van der Waals surface area contributed by atoms with Crippen LogP contribution in [-0.4, -0.2) is 17.2 Å². The van der Waals surface area contributed by atoms with Crippen molar-refractivity contribution in [3.63, 3.8) is 0 Å². The van der Waals surface area contributed by atoms with E-state index in [1.54, 1.807) is 0 Å². The van der Waals surface area contributed by atoms with Gasteiger partial charge in [0.1, 0.15) is 11.2 Å². The van der Waals surface area contributed by atoms with E-state index in [4.69, 9.17) is 4.42 Å². The van der Waals surface area contributed by atoms with Crippen LogP contribution in [0.15, 0.2) is 247 Å². The molecule has 300 valence electrons. The monoisotopic (exact) mass is 832 g/mol. The number of furan rings is 1. The zero-order chi connectivity index (χ0) is 42.2. The fourth-order valence-corrected chi connectivity index (χ4v) is 15.5. The van der Waals surface area contributed by atoms with Gasteiger partial charge in [-0.15, -0.1) is 0 Å². The molecule has 0 N–H and O–H groups in total. The molecule has 0 unspecified atom stereocenters. The second kappa shape index (κ2) is 14.5. The summed E-state index contributed by atoms with van der Waals surface area (Å²) >= 11 is 0. The lowest BCUT2D eigenvalue weighted by molar-refractivity contribution is 0.670. The van der Waals surface area contributed by atoms with Crippen molar-refractivity contribution in [1.29, 1.82) is 0 Å². The first kappa shape index (κ1) is 36.5. The zero-order valence-electron chi connectivity index (χ0n) is 34.9. The van der Waals surface area contributed by atoms with Crippen LogP contribution in [0.4, 0.5) is 0 Å². The van der Waals surface area contributed by atoms with Crippen LogP contribution in [0.25, 0.3) is 88.1 Å². The number of aromatic nitrogens is 2. The highest BCUT2D eigenvalue weighted by Gasteiger charge is 2.41. The molecule has 13 aromatic rings. The van der Waals surface area contributed by atoms with Crippen LogP contribution < -0.4 is 20.7 Å². The summed E-state index contributed by atoms with van der Waals surface area (Å²) < 4.78 is 11.5. The predicted octanol–water partition coefficient (Wildman–Crippen LogP) is 12.8. The Morgan fingerprint density at radius 2 is 0.766 bits per heavy atom. The summed E-state index contributed by atoms with van der Waals surface area (Å²) in [5.41, 5.74) is 11.0. The molecule has 10 aromatic carbocycles. The quantitative estimate of drug-likeness (QED) is 0.116. The Morgan fingerprint density at radius 1 is 0.297 bits per heavy atom. The number of fused-ring (bicyclic) bond motifs is 9. The van der Waals surface area contributed by atoms with Gasteiger partial charge in [0, 0.05) is 49.3 Å². The van der Waals surface area contributed by atoms with E-state index in [0.29, 0.717) is 0 Å². The van der Waals surface area contributed by atoms with Crippen molar-refractivity contribution in [2.75, 3.05) is 0 Å². The second-order valence-corrected chi connectivity index (χ2v) is 20.6. The maximum absolute atomic E-state index is 6.59. The molecule has 0 fully saturated rings. The average Bonchev–Trinajstić information content (AvgIpc) is 4.03. The van der Waals surface area contributed by atoms with Gasteiger partial charge in [-0.25, -0.2) is 0 Å². The van der Waals surface area contributed by atoms with Gasteiger partial charge in [0.15, 0.2) is 8.07 Å². The summed E-state index contributed by atoms with van der Waals surface area (Å²) in [4.78, 5) is 0. The number of para-hydroxylation sites is 4. The summed E-state index contributed by atoms with van der Waals surface area (Å²) in [5, 5.41) is 12.6. The largest absolute Gasteiger partial charge is 0.455 e. The number of hydrogen-bond acceptors (Lipinski definition) is 1. The lowest BCUT2D eigenvalue weighted by Gasteiger charge is -2.34. The van der Waals surface area contributed by atoms with Gasteiger partial charge in [-0.1, -0.05) is 188 Å². The number of hydrogen-bond donors (Lipinski definition) is 0. The molecule has 0 saturated carbocycles. The highest BCUT2D eigenvalue weighted by atomic mass is 28.3. The molecule has 64 heavy (non-hydrogen) atoms. The van der Waals surface area contributed by atoms with Gasteiger partial charge < -0.3 is 13.6 Å². The zero-order valence-corrected chi connectivity index (χ0v) is 35.9. The second-order valence-electron chi connectivity index (χ2n) is 16.8. The van der Waals surface area contributed by atoms with E-state index in [-0.39, 0.29) is 0 Å². The predicted molar refractivity (Wildman–Crippen MR) is 271 cm³/mol. The first-order valence-electron chi connectivity index (χ1n) is 22.0. The highest BCUT2D eigenvalue weighted by Crippen LogP contribution is 2.43. The molecule has 3 nitrogen and oxygen atoms in total. The fourth-order valence-electron chi connectivity index (χ4n) is 10.8. The molecule has 0 bridgehead atoms. The van der Waals surface area contributed by atoms with E-state index in [1.807, 2.05) is 6.07 Å². The molecule has 0 atom stereocenters. The minimum atomic E-state index is -2.66. The topological polar surface area (TPSA) is 23.0 Å². The minimum absolute atomic E-state index is 0.907. The van der Waals surface area contributed by atoms with Crippen LogP contribution in [0.2, 0.25) is 0 Å². The lowest BCUT2D eigenvalue weighted by Crippen LogP contribution is -2.74. The lowest BCUT2D eigenvalue weighted by atomic mass is 9.97. The molecule has 0 aliphatic heterocycles. The van der Waals surface area contributed by atoms with Gasteiger partial charge in [0.2, 0.25) is 0 Å². The van der Waals surface area contributed by atoms with Crippen molar-refractivity contribution in [3.8, 4) is 22.5 Å². The smallest absolute Gasteiger partial charge is 0.179 e. The van der Waals surface area contributed by atoms with Crippen molar-refractivity contribution in [3.05, 3.63) is 243 Å². The minimum Gasteiger partial charge on any atom is -0.455 e. The van der Waals surface area contributed by atoms with Crippen LogP contribution >= 0.6 is 0 Å². The molecule has 3 aromatic heterocycles. The molecule has 0 aliphatic rings. The van der Waals surface area contributed by atoms with E-state index >= 15 is 0 Å². The van der Waals surface area contributed by atoms with Crippen LogP contribution in [0.5, 0.6) is 0 Å². The first-order valence-corrected chi connectivity index (χ1v) is 24.0. The van der Waals surface area contributed by atoms with E-state index in [1.165, 1.54) is 58.8 Å². The number of rotatable bonds is 7. The molecule has 0 radical (unpaired) electrons. The van der Waals surface area contributed by atoms with Crippen molar-refractivity contribution in [1.82, 2.24) is 9.13 Å². The molecule has 0 saturated heterocycles. The maximum Gasteiger partial charge on any atom is 0.179 e. The third kappa shape index (κ3) is 5.33. The van der Waals surface area contributed by atoms with Crippen LogP contribution in [0.1, 0.15) is 0 Å². The van der Waals surface area contributed by atoms with Gasteiger partial charge in [-0.2, -0.15) is 0 Å². The van der Waals surface area contributed by atoms with Crippen molar-refractivity contribution < 1.29 is 4.42 Å². The van der Waals surface area contributed by atoms with Crippen molar-refractivity contribution >= 4 is 94.4 Å². The Kier molecular flexibility index (Phi) is 8.23. The van der Waals surface area contributed by atoms with Gasteiger partial charge in [-0.05, 0) is 80.9 Å². The van der Waals surface area contributed by atoms with Gasteiger partial charge >= 0.3 is 0 Å². The SMILES string of the molecule is c1ccc([Si](c2ccccc2)(c2ccccc2)c2ccc(-n3c4ccccc4c4cc(-n5c6ccccc6c6c(-c7cccc8c7oc7ccccc78)cccc65)ccc43)cc2)cc1. The van der Waals surface area contributed by atoms with E-state index in [2.05, 4.69) is 246 Å². The summed E-state index contributed by atoms with van der Waals surface area (Å²) in [5.74, 6) is 0. The Labute approximate surface area is 371 Å². The third-order valence-corrected chi connectivity index (χ3v) is 18.3. The summed E-state index contributed by atoms with van der Waals surface area (Å²) in [6, 6.07) is 89.1. The molecule has 3 heterocycles. The van der Waals surface area contributed by atoms with Crippen molar-refractivity contribution in [2.45, 2.75) is 0 Å². The van der Waals surface area contributed by atoms with Crippen LogP contribution in [0, 0.1) is 0 Å². The fraction of sp³-hybridized carbons (Fsp3) is 0. The third-order valence-electron chi connectivity index (χ3n) is 13.5. The van der Waals surface area contributed by atoms with Gasteiger partial charge in [0.05, 0.1) is 22.1 Å². The summed E-state index contributed by atoms with van der Waals surface area (Å²) in [7, 11) is -2.66. The number of nitrogens with zero attached hydrogens (tertiary/aromatic N) is 2. The van der Waals surface area contributed by atoms with Gasteiger partial charge in [0.25, 0.3) is 0 Å². The Hall–Kier alpha value is -8.18. The standard InChI is InChI=1S/C60H40N2OSi/c1-4-18-43(19-5-1)64(44-20-6-2-7-21-44,45-22-8-3-9-23-45)46-37-34-41(35-38-46)61-54-30-13-10-24-47(54)53-40-42(36-39-56(53)61)62-55-31-14-11-26-52(55)59-49(27-17-32-57(59)62)51-29-16-28-50-48-25-12-15-33-58(48)63-60(50)51/h1-40H. The molecule has 0 aliphatic carbocycles. The molecular weight excluding hydrogens is 793 g/mol. The van der Waals surface area contributed by atoms with Gasteiger partial charge in [-0.3, -0.25) is 0 Å². The van der Waals surface area contributed by atoms with Crippen LogP contribution in [0.3, 0.4) is 0 Å². The Balaban J connectivity index is 0.989. The Morgan fingerprint density at radius 3 is 1.45 bits per heavy atom.